The van der Waals surface area contributed by atoms with E-state index in [1.165, 1.54) is 6.08 Å². The van der Waals surface area contributed by atoms with E-state index < -0.39 is 0 Å². The number of nitrogens with zero attached hydrogens (tertiary/aromatic N) is 2. The lowest BCUT2D eigenvalue weighted by Gasteiger charge is -2.04. The fraction of sp³-hybridized carbons (Fsp3) is 0.105. The van der Waals surface area contributed by atoms with Gasteiger partial charge < -0.3 is 10.6 Å². The van der Waals surface area contributed by atoms with Gasteiger partial charge in [-0.15, -0.1) is 11.3 Å². The third-order valence-electron chi connectivity index (χ3n) is 3.44. The summed E-state index contributed by atoms with van der Waals surface area (Å²) < 4.78 is 0. The van der Waals surface area contributed by atoms with E-state index in [2.05, 4.69) is 20.6 Å². The third kappa shape index (κ3) is 5.15. The number of carbonyl (C=O) groups excluding carboxylic acids is 1. The Morgan fingerprint density at radius 3 is 2.69 bits per heavy atom. The molecule has 3 aromatic rings. The molecule has 0 unspecified atom stereocenters. The molecule has 26 heavy (non-hydrogen) atoms. The summed E-state index contributed by atoms with van der Waals surface area (Å²) in [5.41, 5.74) is 0.998. The summed E-state index contributed by atoms with van der Waals surface area (Å²) in [7, 11) is 0. The highest BCUT2D eigenvalue weighted by atomic mass is 35.5. The summed E-state index contributed by atoms with van der Waals surface area (Å²) in [5.74, 6) is 0.399. The quantitative estimate of drug-likeness (QED) is 0.475. The Hall–Kier alpha value is -2.70. The lowest BCUT2D eigenvalue weighted by atomic mass is 10.2. The van der Waals surface area contributed by atoms with E-state index in [1.807, 2.05) is 36.4 Å². The minimum absolute atomic E-state index is 0.145. The van der Waals surface area contributed by atoms with Crippen molar-refractivity contribution in [2.75, 3.05) is 18.4 Å². The summed E-state index contributed by atoms with van der Waals surface area (Å²) in [6.45, 7) is 1.04. The van der Waals surface area contributed by atoms with Crippen molar-refractivity contribution in [3.8, 4) is 10.4 Å². The van der Waals surface area contributed by atoms with Crippen LogP contribution >= 0.6 is 22.9 Å². The number of amides is 1. The van der Waals surface area contributed by atoms with Crippen LogP contribution < -0.4 is 10.6 Å². The van der Waals surface area contributed by atoms with Crippen LogP contribution in [0.3, 0.4) is 0 Å². The van der Waals surface area contributed by atoms with E-state index in [0.717, 1.165) is 20.3 Å². The molecule has 0 saturated heterocycles. The first-order valence-corrected chi connectivity index (χ1v) is 9.23. The predicted octanol–water partition coefficient (Wildman–Crippen LogP) is 4.10. The van der Waals surface area contributed by atoms with Crippen LogP contribution in [-0.2, 0) is 4.79 Å². The summed E-state index contributed by atoms with van der Waals surface area (Å²) in [4.78, 5) is 22.0. The van der Waals surface area contributed by atoms with Gasteiger partial charge in [-0.25, -0.2) is 9.97 Å². The average molecular weight is 385 g/mol. The van der Waals surface area contributed by atoms with Gasteiger partial charge in [0, 0.05) is 51.9 Å². The van der Waals surface area contributed by atoms with Crippen molar-refractivity contribution in [1.82, 2.24) is 15.3 Å². The minimum Gasteiger partial charge on any atom is -0.352 e. The highest BCUT2D eigenvalue weighted by Gasteiger charge is 2.05. The van der Waals surface area contributed by atoms with Crippen molar-refractivity contribution < 1.29 is 4.79 Å². The van der Waals surface area contributed by atoms with Gasteiger partial charge in [0.05, 0.1) is 0 Å². The second-order valence-corrected chi connectivity index (χ2v) is 6.83. The predicted molar refractivity (Wildman–Crippen MR) is 107 cm³/mol. The number of hydrogen-bond acceptors (Lipinski definition) is 5. The molecule has 5 nitrogen and oxygen atoms in total. The van der Waals surface area contributed by atoms with E-state index >= 15 is 0 Å². The standard InChI is InChI=1S/C19H17ClN4OS/c20-16-5-2-1-4-15(16)17-8-6-14(26-17)7-9-18(25)21-12-13-24-19-22-10-3-11-23-19/h1-11H,12-13H2,(H,21,25)(H,22,23,24). The van der Waals surface area contributed by atoms with Crippen LogP contribution in [-0.4, -0.2) is 29.0 Å². The topological polar surface area (TPSA) is 66.9 Å². The van der Waals surface area contributed by atoms with Crippen LogP contribution in [0.1, 0.15) is 4.88 Å². The van der Waals surface area contributed by atoms with Gasteiger partial charge in [0.25, 0.3) is 0 Å². The van der Waals surface area contributed by atoms with Gasteiger partial charge in [-0.2, -0.15) is 0 Å². The first-order chi connectivity index (χ1) is 12.7. The van der Waals surface area contributed by atoms with E-state index in [-0.39, 0.29) is 5.91 Å². The van der Waals surface area contributed by atoms with Gasteiger partial charge in [-0.3, -0.25) is 4.79 Å². The first-order valence-electron chi connectivity index (χ1n) is 8.04. The Morgan fingerprint density at radius 2 is 1.88 bits per heavy atom. The maximum Gasteiger partial charge on any atom is 0.244 e. The van der Waals surface area contributed by atoms with Crippen LogP contribution in [0.5, 0.6) is 0 Å². The highest BCUT2D eigenvalue weighted by Crippen LogP contribution is 2.33. The van der Waals surface area contributed by atoms with Gasteiger partial charge in [0.15, 0.2) is 0 Å². The Balaban J connectivity index is 1.47. The lowest BCUT2D eigenvalue weighted by Crippen LogP contribution is -2.27. The Bertz CT molecular complexity index is 895. The molecule has 2 heterocycles. The fourth-order valence-corrected chi connectivity index (χ4v) is 3.46. The summed E-state index contributed by atoms with van der Waals surface area (Å²) >= 11 is 7.81. The van der Waals surface area contributed by atoms with Crippen LogP contribution in [0.15, 0.2) is 60.9 Å². The molecular formula is C19H17ClN4OS. The largest absolute Gasteiger partial charge is 0.352 e. The molecule has 0 fully saturated rings. The van der Waals surface area contributed by atoms with Crippen molar-refractivity contribution in [1.29, 1.82) is 0 Å². The number of carbonyl (C=O) groups is 1. The molecule has 3 rings (SSSR count). The zero-order valence-electron chi connectivity index (χ0n) is 13.9. The molecule has 7 heteroatoms. The molecule has 0 saturated carbocycles. The van der Waals surface area contributed by atoms with Crippen molar-refractivity contribution >= 4 is 40.9 Å². The van der Waals surface area contributed by atoms with E-state index in [0.29, 0.717) is 19.0 Å². The Labute approximate surface area is 160 Å². The molecule has 2 N–H and O–H groups in total. The van der Waals surface area contributed by atoms with Crippen LogP contribution in [0.25, 0.3) is 16.5 Å². The average Bonchev–Trinajstić information content (AvgIpc) is 3.13. The molecule has 0 spiro atoms. The normalized spacial score (nSPS) is 10.8. The van der Waals surface area contributed by atoms with E-state index in [4.69, 9.17) is 11.6 Å². The van der Waals surface area contributed by atoms with E-state index in [9.17, 15) is 4.79 Å². The summed E-state index contributed by atoms with van der Waals surface area (Å²) in [6.07, 6.45) is 6.65. The molecule has 0 aliphatic rings. The zero-order chi connectivity index (χ0) is 18.2. The molecule has 0 atom stereocenters. The van der Waals surface area contributed by atoms with Crippen molar-refractivity contribution in [2.24, 2.45) is 0 Å². The molecule has 0 aliphatic heterocycles. The van der Waals surface area contributed by atoms with Crippen molar-refractivity contribution in [3.05, 3.63) is 70.8 Å². The van der Waals surface area contributed by atoms with Gasteiger partial charge in [0.1, 0.15) is 0 Å². The number of nitrogens with one attached hydrogen (secondary N) is 2. The Morgan fingerprint density at radius 1 is 1.08 bits per heavy atom. The fourth-order valence-electron chi connectivity index (χ4n) is 2.22. The number of anilines is 1. The maximum absolute atomic E-state index is 11.9. The number of benzene rings is 1. The number of hydrogen-bond donors (Lipinski definition) is 2. The molecular weight excluding hydrogens is 368 g/mol. The van der Waals surface area contributed by atoms with Gasteiger partial charge in [-0.05, 0) is 30.3 Å². The van der Waals surface area contributed by atoms with Gasteiger partial charge in [-0.1, -0.05) is 29.8 Å². The highest BCUT2D eigenvalue weighted by molar-refractivity contribution is 7.16. The summed E-state index contributed by atoms with van der Waals surface area (Å²) in [5, 5.41) is 6.56. The smallest absolute Gasteiger partial charge is 0.244 e. The molecule has 0 aliphatic carbocycles. The molecule has 0 bridgehead atoms. The van der Waals surface area contributed by atoms with Crippen LogP contribution in [0, 0.1) is 0 Å². The van der Waals surface area contributed by atoms with Crippen molar-refractivity contribution in [3.63, 3.8) is 0 Å². The number of halogens is 1. The second-order valence-electron chi connectivity index (χ2n) is 5.31. The third-order valence-corrected chi connectivity index (χ3v) is 4.85. The molecule has 1 aromatic carbocycles. The van der Waals surface area contributed by atoms with Crippen LogP contribution in [0.4, 0.5) is 5.95 Å². The number of rotatable bonds is 7. The molecule has 0 radical (unpaired) electrons. The van der Waals surface area contributed by atoms with Gasteiger partial charge >= 0.3 is 0 Å². The molecule has 132 valence electrons. The number of thiophene rings is 1. The van der Waals surface area contributed by atoms with Gasteiger partial charge in [0.2, 0.25) is 11.9 Å². The van der Waals surface area contributed by atoms with Crippen molar-refractivity contribution in [2.45, 2.75) is 0 Å². The molecule has 1 amide bonds. The maximum atomic E-state index is 11.9. The number of aromatic nitrogens is 2. The second kappa shape index (κ2) is 9.12. The summed E-state index contributed by atoms with van der Waals surface area (Å²) in [6, 6.07) is 13.4. The first kappa shape index (κ1) is 18.1. The zero-order valence-corrected chi connectivity index (χ0v) is 15.4. The minimum atomic E-state index is -0.145. The van der Waals surface area contributed by atoms with E-state index in [1.54, 1.807) is 35.9 Å². The Kier molecular flexibility index (Phi) is 6.35. The molecule has 2 aromatic heterocycles. The SMILES string of the molecule is O=C(C=Cc1ccc(-c2ccccc2Cl)s1)NCCNc1ncccn1. The lowest BCUT2D eigenvalue weighted by molar-refractivity contribution is -0.116. The monoisotopic (exact) mass is 384 g/mol. The van der Waals surface area contributed by atoms with Crippen LogP contribution in [0.2, 0.25) is 5.02 Å².